The Bertz CT molecular complexity index is 526. The van der Waals surface area contributed by atoms with E-state index in [0.29, 0.717) is 4.47 Å². The van der Waals surface area contributed by atoms with E-state index in [-0.39, 0.29) is 5.56 Å². The van der Waals surface area contributed by atoms with Gasteiger partial charge in [0, 0.05) is 10.0 Å². The quantitative estimate of drug-likeness (QED) is 0.750. The molecular formula is C12H13BrF3NOS. The summed E-state index contributed by atoms with van der Waals surface area (Å²) < 4.78 is 54.5. The van der Waals surface area contributed by atoms with E-state index in [1.165, 1.54) is 12.1 Å². The van der Waals surface area contributed by atoms with Gasteiger partial charge >= 0.3 is 0 Å². The van der Waals surface area contributed by atoms with Crippen LogP contribution in [-0.2, 0) is 11.0 Å². The summed E-state index contributed by atoms with van der Waals surface area (Å²) in [4.78, 5) is 0. The van der Waals surface area contributed by atoms with Gasteiger partial charge in [0.25, 0.3) is 6.43 Å². The Morgan fingerprint density at radius 1 is 1.37 bits per heavy atom. The molecule has 0 radical (unpaired) electrons. The van der Waals surface area contributed by atoms with Crippen LogP contribution in [0.15, 0.2) is 27.1 Å². The molecule has 0 aromatic heterocycles. The maximum atomic E-state index is 13.6. The standard InChI is InChI=1S/C12H13BrF3NOS/c1-12(2,3)19(18)17-10(11(15)16)8-6-7(13)4-5-9(8)14/h4-6,11H,1-3H3/b17-10+/t19-/m0/s1. The minimum absolute atomic E-state index is 0.345. The summed E-state index contributed by atoms with van der Waals surface area (Å²) in [6.07, 6.45) is -3.00. The summed E-state index contributed by atoms with van der Waals surface area (Å²) in [6, 6.07) is 3.64. The van der Waals surface area contributed by atoms with Crippen LogP contribution >= 0.6 is 15.9 Å². The molecule has 1 atom stereocenters. The molecule has 0 aliphatic rings. The Morgan fingerprint density at radius 2 is 1.95 bits per heavy atom. The summed E-state index contributed by atoms with van der Waals surface area (Å²) in [7, 11) is -1.88. The Kier molecular flexibility index (Phi) is 5.32. The van der Waals surface area contributed by atoms with Crippen molar-refractivity contribution in [2.24, 2.45) is 4.40 Å². The lowest BCUT2D eigenvalue weighted by Crippen LogP contribution is -2.23. The zero-order valence-corrected chi connectivity index (χ0v) is 13.0. The predicted octanol–water partition coefficient (Wildman–Crippen LogP) is 4.10. The molecule has 0 N–H and O–H groups in total. The first-order chi connectivity index (χ1) is 8.62. The van der Waals surface area contributed by atoms with Crippen molar-refractivity contribution in [3.8, 4) is 0 Å². The fourth-order valence-corrected chi connectivity index (χ4v) is 2.12. The number of alkyl halides is 2. The van der Waals surface area contributed by atoms with Crippen LogP contribution in [-0.4, -0.2) is 21.1 Å². The monoisotopic (exact) mass is 355 g/mol. The van der Waals surface area contributed by atoms with Crippen molar-refractivity contribution in [2.45, 2.75) is 31.9 Å². The topological polar surface area (TPSA) is 29.4 Å². The molecule has 106 valence electrons. The highest BCUT2D eigenvalue weighted by Gasteiger charge is 2.25. The number of rotatable bonds is 3. The Labute approximate surface area is 120 Å². The molecule has 0 aliphatic heterocycles. The van der Waals surface area contributed by atoms with E-state index in [9.17, 15) is 17.4 Å². The van der Waals surface area contributed by atoms with Crippen LogP contribution in [0.5, 0.6) is 0 Å². The second-order valence-corrected chi connectivity index (χ2v) is 7.58. The minimum Gasteiger partial charge on any atom is -0.234 e. The number of hydrogen-bond acceptors (Lipinski definition) is 1. The molecule has 0 spiro atoms. The highest BCUT2D eigenvalue weighted by molar-refractivity contribution is 9.10. The van der Waals surface area contributed by atoms with E-state index in [1.54, 1.807) is 20.8 Å². The molecular weight excluding hydrogens is 343 g/mol. The Hall–Kier alpha value is -0.690. The van der Waals surface area contributed by atoms with Crippen LogP contribution < -0.4 is 0 Å². The van der Waals surface area contributed by atoms with Gasteiger partial charge in [-0.3, -0.25) is 0 Å². The smallest absolute Gasteiger partial charge is 0.234 e. The number of hydrogen-bond donors (Lipinski definition) is 0. The van der Waals surface area contributed by atoms with Gasteiger partial charge < -0.3 is 0 Å². The lowest BCUT2D eigenvalue weighted by Gasteiger charge is -2.15. The second kappa shape index (κ2) is 6.17. The van der Waals surface area contributed by atoms with Gasteiger partial charge in [0.15, 0.2) is 0 Å². The van der Waals surface area contributed by atoms with Crippen LogP contribution in [0.25, 0.3) is 0 Å². The van der Waals surface area contributed by atoms with Gasteiger partial charge in [-0.25, -0.2) is 17.4 Å². The molecule has 0 bridgehead atoms. The molecule has 0 aliphatic carbocycles. The number of halogens is 4. The van der Waals surface area contributed by atoms with Gasteiger partial charge in [-0.1, -0.05) is 15.9 Å². The van der Waals surface area contributed by atoms with Crippen molar-refractivity contribution in [3.05, 3.63) is 34.1 Å². The van der Waals surface area contributed by atoms with Gasteiger partial charge in [0.2, 0.25) is 0 Å². The van der Waals surface area contributed by atoms with Crippen molar-refractivity contribution >= 4 is 32.6 Å². The van der Waals surface area contributed by atoms with E-state index >= 15 is 0 Å². The summed E-state index contributed by atoms with van der Waals surface area (Å²) in [5.41, 5.74) is -1.14. The normalized spacial score (nSPS) is 14.8. The van der Waals surface area contributed by atoms with Crippen molar-refractivity contribution in [1.82, 2.24) is 0 Å². The summed E-state index contributed by atoms with van der Waals surface area (Å²) in [5, 5.41) is 0. The molecule has 1 rings (SSSR count). The van der Waals surface area contributed by atoms with Gasteiger partial charge in [-0.05, 0) is 39.0 Å². The third kappa shape index (κ3) is 4.42. The predicted molar refractivity (Wildman–Crippen MR) is 74.5 cm³/mol. The van der Waals surface area contributed by atoms with Crippen LogP contribution in [0.2, 0.25) is 0 Å². The van der Waals surface area contributed by atoms with Crippen molar-refractivity contribution in [3.63, 3.8) is 0 Å². The molecule has 1 aromatic carbocycles. The first-order valence-corrected chi connectivity index (χ1v) is 7.27. The van der Waals surface area contributed by atoms with Gasteiger partial charge in [0.1, 0.15) is 22.5 Å². The number of benzene rings is 1. The van der Waals surface area contributed by atoms with E-state index in [2.05, 4.69) is 20.3 Å². The first kappa shape index (κ1) is 16.4. The van der Waals surface area contributed by atoms with Gasteiger partial charge in [0.05, 0.1) is 4.75 Å². The SMILES string of the molecule is CC(C)(C)[S@](=O)/N=C(\c1cc(Br)ccc1F)C(F)F. The molecule has 2 nitrogen and oxygen atoms in total. The van der Waals surface area contributed by atoms with Crippen LogP contribution in [0.1, 0.15) is 26.3 Å². The molecule has 0 unspecified atom stereocenters. The van der Waals surface area contributed by atoms with Crippen LogP contribution in [0.4, 0.5) is 13.2 Å². The van der Waals surface area contributed by atoms with E-state index in [1.807, 2.05) is 0 Å². The van der Waals surface area contributed by atoms with E-state index in [4.69, 9.17) is 0 Å². The van der Waals surface area contributed by atoms with Crippen molar-refractivity contribution < 1.29 is 17.4 Å². The minimum atomic E-state index is -3.00. The van der Waals surface area contributed by atoms with Crippen molar-refractivity contribution in [2.75, 3.05) is 0 Å². The van der Waals surface area contributed by atoms with Crippen LogP contribution in [0.3, 0.4) is 0 Å². The fraction of sp³-hybridized carbons (Fsp3) is 0.417. The third-order valence-electron chi connectivity index (χ3n) is 2.12. The highest BCUT2D eigenvalue weighted by atomic mass is 79.9. The fourth-order valence-electron chi connectivity index (χ4n) is 1.13. The summed E-state index contributed by atoms with van der Waals surface area (Å²) >= 11 is 3.08. The van der Waals surface area contributed by atoms with Gasteiger partial charge in [-0.15, -0.1) is 0 Å². The maximum absolute atomic E-state index is 13.6. The molecule has 0 saturated carbocycles. The maximum Gasteiger partial charge on any atom is 0.281 e. The zero-order chi connectivity index (χ0) is 14.8. The molecule has 0 fully saturated rings. The highest BCUT2D eigenvalue weighted by Crippen LogP contribution is 2.21. The van der Waals surface area contributed by atoms with E-state index < -0.39 is 33.7 Å². The van der Waals surface area contributed by atoms with Gasteiger partial charge in [-0.2, -0.15) is 4.40 Å². The molecule has 19 heavy (non-hydrogen) atoms. The van der Waals surface area contributed by atoms with Crippen LogP contribution in [0, 0.1) is 5.82 Å². The summed E-state index contributed by atoms with van der Waals surface area (Å²) in [6.45, 7) is 4.81. The molecule has 0 saturated heterocycles. The average Bonchev–Trinajstić information content (AvgIpc) is 2.27. The molecule has 0 amide bonds. The van der Waals surface area contributed by atoms with E-state index in [0.717, 1.165) is 6.07 Å². The molecule has 0 heterocycles. The zero-order valence-electron chi connectivity index (χ0n) is 10.6. The lowest BCUT2D eigenvalue weighted by atomic mass is 10.1. The Balaban J connectivity index is 3.33. The van der Waals surface area contributed by atoms with Crippen molar-refractivity contribution in [1.29, 1.82) is 0 Å². The Morgan fingerprint density at radius 3 is 2.42 bits per heavy atom. The molecule has 1 aromatic rings. The average molecular weight is 356 g/mol. The first-order valence-electron chi connectivity index (χ1n) is 5.37. The third-order valence-corrected chi connectivity index (χ3v) is 4.02. The lowest BCUT2D eigenvalue weighted by molar-refractivity contribution is 0.226. The number of nitrogens with zero attached hydrogens (tertiary/aromatic N) is 1. The molecule has 7 heteroatoms. The second-order valence-electron chi connectivity index (χ2n) is 4.76. The largest absolute Gasteiger partial charge is 0.281 e. The summed E-state index contributed by atoms with van der Waals surface area (Å²) in [5.74, 6) is -0.826.